The van der Waals surface area contributed by atoms with Gasteiger partial charge in [0.15, 0.2) is 0 Å². The van der Waals surface area contributed by atoms with Crippen molar-refractivity contribution >= 4 is 16.7 Å². The molecule has 1 aromatic carbocycles. The molecule has 6 rings (SSSR count). The van der Waals surface area contributed by atoms with Crippen molar-refractivity contribution in [3.8, 4) is 6.07 Å². The molecule has 4 saturated heterocycles. The van der Waals surface area contributed by atoms with Gasteiger partial charge in [-0.25, -0.2) is 0 Å². The Hall–Kier alpha value is -2.44. The Kier molecular flexibility index (Phi) is 4.79. The van der Waals surface area contributed by atoms with E-state index >= 15 is 0 Å². The first-order valence-corrected chi connectivity index (χ1v) is 10.4. The number of anilines is 1. The van der Waals surface area contributed by atoms with Crippen LogP contribution in [0.4, 0.5) is 18.9 Å². The first-order valence-electron chi connectivity index (χ1n) is 10.4. The minimum absolute atomic E-state index is 0.0913. The van der Waals surface area contributed by atoms with Gasteiger partial charge in [0.2, 0.25) is 0 Å². The maximum atomic E-state index is 13.9. The Balaban J connectivity index is 1.44. The van der Waals surface area contributed by atoms with Gasteiger partial charge in [0, 0.05) is 63.1 Å². The number of hydrogen-bond acceptors (Lipinski definition) is 6. The Morgan fingerprint density at radius 1 is 1.10 bits per heavy atom. The molecule has 2 aromatic rings. The van der Waals surface area contributed by atoms with E-state index in [1.807, 2.05) is 0 Å². The van der Waals surface area contributed by atoms with Gasteiger partial charge in [0.05, 0.1) is 17.2 Å². The van der Waals surface area contributed by atoms with Gasteiger partial charge >= 0.3 is 6.18 Å². The molecular weight excluding hydrogens is 393 g/mol. The lowest BCUT2D eigenvalue weighted by atomic mass is 9.89. The molecule has 4 fully saturated rings. The van der Waals surface area contributed by atoms with Crippen LogP contribution in [-0.2, 0) is 0 Å². The molecule has 4 aliphatic heterocycles. The summed E-state index contributed by atoms with van der Waals surface area (Å²) in [5.41, 5.74) is 1.92. The highest BCUT2D eigenvalue weighted by molar-refractivity contribution is 5.92. The Morgan fingerprint density at radius 2 is 1.90 bits per heavy atom. The SMILES string of the molecule is N#Cc1ccc(N2C[C@H](CN3CC4CCC3CN4)[C@@H](C(F)(F)F)C2)c2nccnc12. The zero-order valence-corrected chi connectivity index (χ0v) is 16.4. The molecule has 2 unspecified atom stereocenters. The number of piperidine rings is 2. The van der Waals surface area contributed by atoms with Crippen LogP contribution in [0.3, 0.4) is 0 Å². The fraction of sp³-hybridized carbons (Fsp3) is 0.571. The van der Waals surface area contributed by atoms with Crippen molar-refractivity contribution in [3.05, 3.63) is 30.1 Å². The number of nitrogens with one attached hydrogen (secondary N) is 1. The monoisotopic (exact) mass is 416 g/mol. The summed E-state index contributed by atoms with van der Waals surface area (Å²) >= 11 is 0. The molecule has 0 amide bonds. The number of hydrogen-bond donors (Lipinski definition) is 1. The summed E-state index contributed by atoms with van der Waals surface area (Å²) in [6.45, 7) is 2.39. The van der Waals surface area contributed by atoms with Gasteiger partial charge in [-0.05, 0) is 25.0 Å². The minimum atomic E-state index is -4.25. The predicted octanol–water partition coefficient (Wildman–Crippen LogP) is 2.55. The fourth-order valence-corrected chi connectivity index (χ4v) is 5.34. The smallest absolute Gasteiger partial charge is 0.369 e. The van der Waals surface area contributed by atoms with Crippen molar-refractivity contribution in [2.75, 3.05) is 37.6 Å². The van der Waals surface area contributed by atoms with E-state index in [4.69, 9.17) is 0 Å². The zero-order chi connectivity index (χ0) is 20.9. The summed E-state index contributed by atoms with van der Waals surface area (Å²) in [4.78, 5) is 12.6. The number of halogens is 3. The molecular formula is C21H23F3N6. The molecule has 2 bridgehead atoms. The topological polar surface area (TPSA) is 68.1 Å². The lowest BCUT2D eigenvalue weighted by Gasteiger charge is -2.47. The summed E-state index contributed by atoms with van der Waals surface area (Å²) < 4.78 is 41.8. The summed E-state index contributed by atoms with van der Waals surface area (Å²) in [5, 5.41) is 12.8. The van der Waals surface area contributed by atoms with Crippen LogP contribution in [0, 0.1) is 23.2 Å². The molecule has 4 atom stereocenters. The van der Waals surface area contributed by atoms with Crippen LogP contribution in [0.25, 0.3) is 11.0 Å². The quantitative estimate of drug-likeness (QED) is 0.830. The van der Waals surface area contributed by atoms with E-state index in [-0.39, 0.29) is 6.54 Å². The van der Waals surface area contributed by atoms with Crippen LogP contribution >= 0.6 is 0 Å². The first-order chi connectivity index (χ1) is 14.4. The van der Waals surface area contributed by atoms with E-state index in [1.165, 1.54) is 12.4 Å². The van der Waals surface area contributed by atoms with E-state index in [1.54, 1.807) is 17.0 Å². The standard InChI is InChI=1S/C21H23F3N6/c22-21(23,24)17-12-30(10-14(17)9-29-11-15-2-3-16(29)8-28-15)18-4-1-13(7-25)19-20(18)27-6-5-26-19/h1,4-6,14-17,28H,2-3,8-12H2/t14-,15?,16?,17-/m0/s1. The summed E-state index contributed by atoms with van der Waals surface area (Å²) in [5.74, 6) is -1.88. The second-order valence-corrected chi connectivity index (χ2v) is 8.60. The van der Waals surface area contributed by atoms with Gasteiger partial charge in [-0.3, -0.25) is 14.9 Å². The predicted molar refractivity (Wildman–Crippen MR) is 106 cm³/mol. The molecule has 1 aromatic heterocycles. The van der Waals surface area contributed by atoms with Crippen LogP contribution in [0.15, 0.2) is 24.5 Å². The molecule has 0 aliphatic carbocycles. The van der Waals surface area contributed by atoms with Gasteiger partial charge in [-0.2, -0.15) is 18.4 Å². The second-order valence-electron chi connectivity index (χ2n) is 8.60. The number of nitrogens with zero attached hydrogens (tertiary/aromatic N) is 5. The third-order valence-corrected chi connectivity index (χ3v) is 6.86. The van der Waals surface area contributed by atoms with E-state index in [9.17, 15) is 18.4 Å². The zero-order valence-electron chi connectivity index (χ0n) is 16.4. The molecule has 0 radical (unpaired) electrons. The highest BCUT2D eigenvalue weighted by Crippen LogP contribution is 2.41. The Labute approximate surface area is 172 Å². The maximum absolute atomic E-state index is 13.9. The van der Waals surface area contributed by atoms with E-state index in [0.717, 1.165) is 25.9 Å². The molecule has 4 aliphatic rings. The number of benzene rings is 1. The normalized spacial score (nSPS) is 29.5. The van der Waals surface area contributed by atoms with E-state index in [0.29, 0.717) is 47.5 Å². The number of rotatable bonds is 3. The number of nitriles is 1. The lowest BCUT2D eigenvalue weighted by molar-refractivity contribution is -0.181. The minimum Gasteiger partial charge on any atom is -0.369 e. The number of piperazine rings is 1. The molecule has 158 valence electrons. The van der Waals surface area contributed by atoms with Gasteiger partial charge in [0.1, 0.15) is 17.1 Å². The highest BCUT2D eigenvalue weighted by Gasteiger charge is 2.51. The number of aromatic nitrogens is 2. The largest absolute Gasteiger partial charge is 0.393 e. The molecule has 1 N–H and O–H groups in total. The van der Waals surface area contributed by atoms with Crippen LogP contribution < -0.4 is 10.2 Å². The third-order valence-electron chi connectivity index (χ3n) is 6.86. The summed E-state index contributed by atoms with van der Waals surface area (Å²) in [6, 6.07) is 6.15. The second kappa shape index (κ2) is 7.36. The van der Waals surface area contributed by atoms with Crippen molar-refractivity contribution in [2.24, 2.45) is 11.8 Å². The summed E-state index contributed by atoms with van der Waals surface area (Å²) in [6.07, 6.45) is 0.925. The molecule has 9 heteroatoms. The fourth-order valence-electron chi connectivity index (χ4n) is 5.34. The summed E-state index contributed by atoms with van der Waals surface area (Å²) in [7, 11) is 0. The van der Waals surface area contributed by atoms with Crippen molar-refractivity contribution < 1.29 is 13.2 Å². The number of fused-ring (bicyclic) bond motifs is 4. The van der Waals surface area contributed by atoms with Crippen LogP contribution in [0.2, 0.25) is 0 Å². The van der Waals surface area contributed by atoms with E-state index < -0.39 is 18.0 Å². The van der Waals surface area contributed by atoms with Crippen molar-refractivity contribution in [1.29, 1.82) is 5.26 Å². The van der Waals surface area contributed by atoms with Crippen molar-refractivity contribution in [3.63, 3.8) is 0 Å². The van der Waals surface area contributed by atoms with E-state index in [2.05, 4.69) is 26.3 Å². The van der Waals surface area contributed by atoms with Gasteiger partial charge in [-0.15, -0.1) is 0 Å². The molecule has 5 heterocycles. The number of alkyl halides is 3. The van der Waals surface area contributed by atoms with Crippen LogP contribution in [0.1, 0.15) is 18.4 Å². The average Bonchev–Trinajstić information content (AvgIpc) is 3.18. The van der Waals surface area contributed by atoms with Gasteiger partial charge in [-0.1, -0.05) is 0 Å². The van der Waals surface area contributed by atoms with Crippen molar-refractivity contribution in [2.45, 2.75) is 31.1 Å². The molecule has 30 heavy (non-hydrogen) atoms. The lowest BCUT2D eigenvalue weighted by Crippen LogP contribution is -2.62. The van der Waals surface area contributed by atoms with Crippen molar-refractivity contribution in [1.82, 2.24) is 20.2 Å². The maximum Gasteiger partial charge on any atom is 0.393 e. The molecule has 6 nitrogen and oxygen atoms in total. The molecule has 0 saturated carbocycles. The highest BCUT2D eigenvalue weighted by atomic mass is 19.4. The van der Waals surface area contributed by atoms with Crippen LogP contribution in [-0.4, -0.2) is 65.9 Å². The molecule has 0 spiro atoms. The Morgan fingerprint density at radius 3 is 2.53 bits per heavy atom. The first kappa shape index (κ1) is 19.5. The van der Waals surface area contributed by atoms with Gasteiger partial charge < -0.3 is 10.2 Å². The van der Waals surface area contributed by atoms with Gasteiger partial charge in [0.25, 0.3) is 0 Å². The third kappa shape index (κ3) is 3.38. The average molecular weight is 416 g/mol. The Bertz CT molecular complexity index is 979. The van der Waals surface area contributed by atoms with Crippen LogP contribution in [0.5, 0.6) is 0 Å².